The summed E-state index contributed by atoms with van der Waals surface area (Å²) in [5, 5.41) is 0. The molecule has 0 unspecified atom stereocenters. The standard InChI is InChI=1S/C24H27F3/c1-3-5-6-7-8-16-9-12-19-18(15-16)11-14-20(23(19)26)21-13-10-17(4-2)22(25)24(21)27/h10-11,13-15H,3-9,12H2,1-2H3. The van der Waals surface area contributed by atoms with Crippen molar-refractivity contribution < 1.29 is 13.2 Å². The number of fused-ring (bicyclic) bond motifs is 1. The molecule has 1 aliphatic carbocycles. The van der Waals surface area contributed by atoms with Crippen LogP contribution in [0.15, 0.2) is 29.8 Å². The van der Waals surface area contributed by atoms with Gasteiger partial charge < -0.3 is 0 Å². The second kappa shape index (κ2) is 8.77. The molecule has 0 N–H and O–H groups in total. The molecule has 0 bridgehead atoms. The maximum absolute atomic E-state index is 15.1. The molecule has 0 aromatic heterocycles. The van der Waals surface area contributed by atoms with E-state index >= 15 is 4.39 Å². The third-order valence-corrected chi connectivity index (χ3v) is 5.52. The summed E-state index contributed by atoms with van der Waals surface area (Å²) in [6, 6.07) is 6.44. The normalized spacial score (nSPS) is 13.4. The molecule has 2 aromatic carbocycles. The third kappa shape index (κ3) is 4.12. The number of hydrogen-bond donors (Lipinski definition) is 0. The van der Waals surface area contributed by atoms with Crippen LogP contribution in [0.1, 0.15) is 69.1 Å². The Kier molecular flexibility index (Phi) is 6.41. The Hall–Kier alpha value is -2.03. The van der Waals surface area contributed by atoms with Crippen LogP contribution in [0, 0.1) is 17.5 Å². The predicted molar refractivity (Wildman–Crippen MR) is 106 cm³/mol. The molecule has 0 atom stereocenters. The highest BCUT2D eigenvalue weighted by atomic mass is 19.2. The monoisotopic (exact) mass is 372 g/mol. The van der Waals surface area contributed by atoms with Crippen molar-refractivity contribution in [3.63, 3.8) is 0 Å². The second-order valence-electron chi connectivity index (χ2n) is 7.36. The van der Waals surface area contributed by atoms with Crippen LogP contribution in [0.25, 0.3) is 17.2 Å². The average molecular weight is 372 g/mol. The van der Waals surface area contributed by atoms with Gasteiger partial charge in [0.1, 0.15) is 5.82 Å². The number of hydrogen-bond acceptors (Lipinski definition) is 0. The molecule has 0 spiro atoms. The topological polar surface area (TPSA) is 0 Å². The smallest absolute Gasteiger partial charge is 0.167 e. The van der Waals surface area contributed by atoms with Crippen LogP contribution >= 0.6 is 0 Å². The lowest BCUT2D eigenvalue weighted by molar-refractivity contribution is 0.501. The number of halogens is 3. The van der Waals surface area contributed by atoms with Crippen molar-refractivity contribution in [2.45, 2.75) is 65.2 Å². The molecule has 27 heavy (non-hydrogen) atoms. The van der Waals surface area contributed by atoms with Gasteiger partial charge in [0.25, 0.3) is 0 Å². The zero-order chi connectivity index (χ0) is 19.4. The van der Waals surface area contributed by atoms with E-state index in [2.05, 4.69) is 13.0 Å². The minimum atomic E-state index is -0.962. The van der Waals surface area contributed by atoms with Crippen molar-refractivity contribution in [3.05, 3.63) is 64.0 Å². The Morgan fingerprint density at radius 2 is 1.52 bits per heavy atom. The van der Waals surface area contributed by atoms with Crippen LogP contribution in [-0.2, 0) is 12.8 Å². The summed E-state index contributed by atoms with van der Waals surface area (Å²) in [5.41, 5.74) is 3.30. The first-order valence-corrected chi connectivity index (χ1v) is 10.0. The second-order valence-corrected chi connectivity index (χ2v) is 7.36. The van der Waals surface area contributed by atoms with Crippen molar-refractivity contribution >= 4 is 6.08 Å². The zero-order valence-corrected chi connectivity index (χ0v) is 16.2. The maximum atomic E-state index is 15.1. The Morgan fingerprint density at radius 3 is 2.26 bits per heavy atom. The highest BCUT2D eigenvalue weighted by Crippen LogP contribution is 2.35. The van der Waals surface area contributed by atoms with Gasteiger partial charge in [-0.15, -0.1) is 0 Å². The summed E-state index contributed by atoms with van der Waals surface area (Å²) in [7, 11) is 0. The summed E-state index contributed by atoms with van der Waals surface area (Å²) < 4.78 is 43.7. The van der Waals surface area contributed by atoms with E-state index < -0.39 is 17.5 Å². The van der Waals surface area contributed by atoms with E-state index in [-0.39, 0.29) is 11.1 Å². The summed E-state index contributed by atoms with van der Waals surface area (Å²) in [6.45, 7) is 3.96. The summed E-state index contributed by atoms with van der Waals surface area (Å²) in [5.74, 6) is -2.26. The fourth-order valence-electron chi connectivity index (χ4n) is 3.86. The Labute approximate surface area is 160 Å². The minimum Gasteiger partial charge on any atom is -0.206 e. The lowest BCUT2D eigenvalue weighted by atomic mass is 9.87. The van der Waals surface area contributed by atoms with Crippen LogP contribution in [0.3, 0.4) is 0 Å². The van der Waals surface area contributed by atoms with Crippen molar-refractivity contribution in [1.29, 1.82) is 0 Å². The SMILES string of the molecule is CCCCCCC1=Cc2ccc(-c3ccc(CC)c(F)c3F)c(F)c2CC1. The highest BCUT2D eigenvalue weighted by molar-refractivity contribution is 5.71. The predicted octanol–water partition coefficient (Wildman–Crippen LogP) is 7.63. The summed E-state index contributed by atoms with van der Waals surface area (Å²) >= 11 is 0. The molecule has 0 aliphatic heterocycles. The molecule has 1 aliphatic rings. The highest BCUT2D eigenvalue weighted by Gasteiger charge is 2.21. The number of allylic oxidation sites excluding steroid dienone is 1. The molecule has 0 amide bonds. The van der Waals surface area contributed by atoms with Gasteiger partial charge in [-0.05, 0) is 48.8 Å². The molecule has 3 rings (SSSR count). The first kappa shape index (κ1) is 19.7. The van der Waals surface area contributed by atoms with Gasteiger partial charge in [0.2, 0.25) is 0 Å². The maximum Gasteiger partial charge on any atom is 0.167 e. The van der Waals surface area contributed by atoms with Crippen LogP contribution in [0.4, 0.5) is 13.2 Å². The average Bonchev–Trinajstić information content (AvgIpc) is 2.68. The van der Waals surface area contributed by atoms with Crippen molar-refractivity contribution in [2.24, 2.45) is 0 Å². The van der Waals surface area contributed by atoms with Gasteiger partial charge in [-0.2, -0.15) is 0 Å². The molecule has 0 radical (unpaired) electrons. The van der Waals surface area contributed by atoms with Crippen molar-refractivity contribution in [2.75, 3.05) is 0 Å². The van der Waals surface area contributed by atoms with Gasteiger partial charge in [-0.1, -0.05) is 69.0 Å². The molecule has 0 saturated heterocycles. The van der Waals surface area contributed by atoms with E-state index in [1.165, 1.54) is 37.3 Å². The van der Waals surface area contributed by atoms with Crippen LogP contribution in [-0.4, -0.2) is 0 Å². The Balaban J connectivity index is 1.89. The van der Waals surface area contributed by atoms with Crippen LogP contribution in [0.2, 0.25) is 0 Å². The summed E-state index contributed by atoms with van der Waals surface area (Å²) in [6.07, 6.45) is 9.86. The molecular formula is C24H27F3. The molecular weight excluding hydrogens is 345 g/mol. The Morgan fingerprint density at radius 1 is 0.778 bits per heavy atom. The van der Waals surface area contributed by atoms with Gasteiger partial charge in [0.05, 0.1) is 0 Å². The molecule has 0 fully saturated rings. The van der Waals surface area contributed by atoms with E-state index in [1.807, 2.05) is 6.07 Å². The lowest BCUT2D eigenvalue weighted by Crippen LogP contribution is -2.05. The van der Waals surface area contributed by atoms with E-state index in [0.717, 1.165) is 18.4 Å². The quantitative estimate of drug-likeness (QED) is 0.438. The van der Waals surface area contributed by atoms with Crippen LogP contribution in [0.5, 0.6) is 0 Å². The van der Waals surface area contributed by atoms with E-state index in [1.54, 1.807) is 19.1 Å². The van der Waals surface area contributed by atoms with E-state index in [0.29, 0.717) is 24.0 Å². The third-order valence-electron chi connectivity index (χ3n) is 5.52. The zero-order valence-electron chi connectivity index (χ0n) is 16.2. The largest absolute Gasteiger partial charge is 0.206 e. The van der Waals surface area contributed by atoms with Gasteiger partial charge >= 0.3 is 0 Å². The van der Waals surface area contributed by atoms with Crippen LogP contribution < -0.4 is 0 Å². The van der Waals surface area contributed by atoms with Crippen molar-refractivity contribution in [1.82, 2.24) is 0 Å². The minimum absolute atomic E-state index is 0.000609. The lowest BCUT2D eigenvalue weighted by Gasteiger charge is -2.19. The number of unbranched alkanes of at least 4 members (excludes halogenated alkanes) is 3. The molecule has 0 saturated carbocycles. The molecule has 0 heterocycles. The van der Waals surface area contributed by atoms with E-state index in [4.69, 9.17) is 0 Å². The molecule has 3 heteroatoms. The fourth-order valence-corrected chi connectivity index (χ4v) is 3.86. The molecule has 144 valence electrons. The molecule has 0 nitrogen and oxygen atoms in total. The van der Waals surface area contributed by atoms with Gasteiger partial charge in [-0.25, -0.2) is 13.2 Å². The fraction of sp³-hybridized carbons (Fsp3) is 0.417. The first-order valence-electron chi connectivity index (χ1n) is 10.0. The van der Waals surface area contributed by atoms with Gasteiger partial charge in [-0.3, -0.25) is 0 Å². The number of benzene rings is 2. The van der Waals surface area contributed by atoms with E-state index in [9.17, 15) is 8.78 Å². The number of aryl methyl sites for hydroxylation is 1. The number of rotatable bonds is 7. The molecule has 2 aromatic rings. The summed E-state index contributed by atoms with van der Waals surface area (Å²) in [4.78, 5) is 0. The first-order chi connectivity index (χ1) is 13.1. The van der Waals surface area contributed by atoms with Crippen molar-refractivity contribution in [3.8, 4) is 11.1 Å². The van der Waals surface area contributed by atoms with Gasteiger partial charge in [0, 0.05) is 11.1 Å². The Bertz CT molecular complexity index is 849. The van der Waals surface area contributed by atoms with Gasteiger partial charge in [0.15, 0.2) is 11.6 Å².